The summed E-state index contributed by atoms with van der Waals surface area (Å²) in [5.74, 6) is 0.917. The minimum Gasteiger partial charge on any atom is -0.338 e. The predicted octanol–water partition coefficient (Wildman–Crippen LogP) is 4.43. The fraction of sp³-hybridized carbons (Fsp3) is 0.308. The molecular weight excluding hydrogens is 412 g/mol. The second-order valence-electron chi connectivity index (χ2n) is 8.64. The molecule has 4 heterocycles. The van der Waals surface area contributed by atoms with Gasteiger partial charge < -0.3 is 4.90 Å². The minimum absolute atomic E-state index is 0.0258. The van der Waals surface area contributed by atoms with Crippen LogP contribution in [0.2, 0.25) is 0 Å². The number of likely N-dealkylation sites (tertiary alicyclic amines) is 1. The largest absolute Gasteiger partial charge is 0.338 e. The molecule has 4 aromatic rings. The Balaban J connectivity index is 1.44. The first kappa shape index (κ1) is 21.1. The molecule has 0 aliphatic carbocycles. The quantitative estimate of drug-likeness (QED) is 0.471. The van der Waals surface area contributed by atoms with Crippen LogP contribution in [0.15, 0.2) is 48.9 Å². The van der Waals surface area contributed by atoms with Gasteiger partial charge in [-0.3, -0.25) is 9.78 Å². The number of amides is 1. The molecule has 0 unspecified atom stereocenters. The van der Waals surface area contributed by atoms with Gasteiger partial charge in [-0.15, -0.1) is 0 Å². The maximum absolute atomic E-state index is 13.4. The van der Waals surface area contributed by atoms with Gasteiger partial charge in [0.2, 0.25) is 0 Å². The van der Waals surface area contributed by atoms with Crippen LogP contribution in [-0.4, -0.2) is 48.8 Å². The predicted molar refractivity (Wildman–Crippen MR) is 127 cm³/mol. The smallest absolute Gasteiger partial charge is 0.253 e. The normalized spacial score (nSPS) is 16.2. The summed E-state index contributed by atoms with van der Waals surface area (Å²) >= 11 is 0. The second kappa shape index (κ2) is 8.65. The Morgan fingerprint density at radius 1 is 0.970 bits per heavy atom. The molecule has 0 N–H and O–H groups in total. The van der Waals surface area contributed by atoms with Crippen LogP contribution in [0, 0.1) is 20.8 Å². The standard InChI is InChI=1S/C26H26N6O/c1-16-17(2)30-24-13-20(6-7-23(24)29-16)26(33)32-12-4-5-21(15-32)25-22(14-28-18(3)31-25)19-8-10-27-11-9-19/h6-11,13-14,21H,4-5,12,15H2,1-3H3/t21-/m0/s1. The van der Waals surface area contributed by atoms with E-state index in [4.69, 9.17) is 4.98 Å². The van der Waals surface area contributed by atoms with E-state index in [1.165, 1.54) is 0 Å². The molecule has 0 saturated carbocycles. The summed E-state index contributed by atoms with van der Waals surface area (Å²) in [5.41, 5.74) is 7.05. The lowest BCUT2D eigenvalue weighted by atomic mass is 9.89. The summed E-state index contributed by atoms with van der Waals surface area (Å²) in [4.78, 5) is 37.9. The van der Waals surface area contributed by atoms with Crippen molar-refractivity contribution in [3.63, 3.8) is 0 Å². The SMILES string of the molecule is Cc1ncc(-c2ccncc2)c([C@H]2CCCN(C(=O)c3ccc4nc(C)c(C)nc4c3)C2)n1. The van der Waals surface area contributed by atoms with Gasteiger partial charge in [0.1, 0.15) is 5.82 Å². The van der Waals surface area contributed by atoms with E-state index < -0.39 is 0 Å². The van der Waals surface area contributed by atoms with Gasteiger partial charge in [-0.1, -0.05) is 0 Å². The Morgan fingerprint density at radius 3 is 2.52 bits per heavy atom. The molecule has 166 valence electrons. The molecule has 0 bridgehead atoms. The van der Waals surface area contributed by atoms with E-state index in [0.717, 1.165) is 64.5 Å². The van der Waals surface area contributed by atoms with E-state index in [9.17, 15) is 4.79 Å². The number of nitrogens with zero attached hydrogens (tertiary/aromatic N) is 6. The van der Waals surface area contributed by atoms with Gasteiger partial charge in [0.15, 0.2) is 0 Å². The Morgan fingerprint density at radius 2 is 1.73 bits per heavy atom. The fourth-order valence-corrected chi connectivity index (χ4v) is 4.48. The molecule has 1 fully saturated rings. The highest BCUT2D eigenvalue weighted by molar-refractivity contribution is 5.97. The summed E-state index contributed by atoms with van der Waals surface area (Å²) in [7, 11) is 0. The third-order valence-corrected chi connectivity index (χ3v) is 6.35. The van der Waals surface area contributed by atoms with Gasteiger partial charge in [-0.05, 0) is 69.5 Å². The number of fused-ring (bicyclic) bond motifs is 1. The van der Waals surface area contributed by atoms with Crippen LogP contribution in [0.4, 0.5) is 0 Å². The zero-order chi connectivity index (χ0) is 22.9. The van der Waals surface area contributed by atoms with Crippen LogP contribution in [-0.2, 0) is 0 Å². The summed E-state index contributed by atoms with van der Waals surface area (Å²) in [6.45, 7) is 7.16. The molecule has 0 spiro atoms. The van der Waals surface area contributed by atoms with Crippen molar-refractivity contribution < 1.29 is 4.79 Å². The van der Waals surface area contributed by atoms with E-state index in [1.54, 1.807) is 12.4 Å². The number of hydrogen-bond donors (Lipinski definition) is 0. The van der Waals surface area contributed by atoms with Gasteiger partial charge in [0.25, 0.3) is 5.91 Å². The maximum atomic E-state index is 13.4. The van der Waals surface area contributed by atoms with Crippen LogP contribution in [0.3, 0.4) is 0 Å². The first-order chi connectivity index (χ1) is 16.0. The van der Waals surface area contributed by atoms with Gasteiger partial charge >= 0.3 is 0 Å². The van der Waals surface area contributed by atoms with Crippen LogP contribution in [0.25, 0.3) is 22.2 Å². The number of aromatic nitrogens is 5. The first-order valence-corrected chi connectivity index (χ1v) is 11.3. The monoisotopic (exact) mass is 438 g/mol. The number of aryl methyl sites for hydroxylation is 3. The van der Waals surface area contributed by atoms with Crippen LogP contribution in [0.5, 0.6) is 0 Å². The lowest BCUT2D eigenvalue weighted by Gasteiger charge is -2.33. The zero-order valence-electron chi connectivity index (χ0n) is 19.1. The maximum Gasteiger partial charge on any atom is 0.253 e. The molecule has 1 saturated heterocycles. The number of pyridine rings is 1. The highest BCUT2D eigenvalue weighted by Gasteiger charge is 2.28. The van der Waals surface area contributed by atoms with Crippen molar-refractivity contribution in [2.45, 2.75) is 39.5 Å². The van der Waals surface area contributed by atoms with E-state index in [2.05, 4.69) is 19.9 Å². The molecule has 33 heavy (non-hydrogen) atoms. The van der Waals surface area contributed by atoms with Crippen molar-refractivity contribution >= 4 is 16.9 Å². The number of rotatable bonds is 3. The van der Waals surface area contributed by atoms with Crippen LogP contribution >= 0.6 is 0 Å². The second-order valence-corrected chi connectivity index (χ2v) is 8.64. The third-order valence-electron chi connectivity index (χ3n) is 6.35. The van der Waals surface area contributed by atoms with Crippen molar-refractivity contribution in [3.8, 4) is 11.1 Å². The summed E-state index contributed by atoms with van der Waals surface area (Å²) in [5, 5.41) is 0. The average molecular weight is 439 g/mol. The lowest BCUT2D eigenvalue weighted by molar-refractivity contribution is 0.0706. The van der Waals surface area contributed by atoms with E-state index in [0.29, 0.717) is 12.1 Å². The lowest BCUT2D eigenvalue weighted by Crippen LogP contribution is -2.39. The molecule has 3 aromatic heterocycles. The number of hydrogen-bond acceptors (Lipinski definition) is 6. The van der Waals surface area contributed by atoms with Crippen molar-refractivity contribution in [2.24, 2.45) is 0 Å². The molecule has 5 rings (SSSR count). The van der Waals surface area contributed by atoms with Crippen molar-refractivity contribution in [1.82, 2.24) is 29.8 Å². The topological polar surface area (TPSA) is 84.8 Å². The van der Waals surface area contributed by atoms with Crippen molar-refractivity contribution in [3.05, 3.63) is 77.4 Å². The zero-order valence-corrected chi connectivity index (χ0v) is 19.1. The third kappa shape index (κ3) is 4.18. The molecule has 1 atom stereocenters. The van der Waals surface area contributed by atoms with Gasteiger partial charge in [-0.2, -0.15) is 0 Å². The Kier molecular flexibility index (Phi) is 5.54. The minimum atomic E-state index is 0.0258. The average Bonchev–Trinajstić information content (AvgIpc) is 2.84. The molecule has 1 aliphatic heterocycles. The Bertz CT molecular complexity index is 1340. The number of carbonyl (C=O) groups is 1. The van der Waals surface area contributed by atoms with Gasteiger partial charge in [0, 0.05) is 48.7 Å². The number of carbonyl (C=O) groups excluding carboxylic acids is 1. The number of benzene rings is 1. The number of piperidine rings is 1. The Labute approximate surface area is 193 Å². The summed E-state index contributed by atoms with van der Waals surface area (Å²) in [6, 6.07) is 9.55. The van der Waals surface area contributed by atoms with Crippen molar-refractivity contribution in [1.29, 1.82) is 0 Å². The van der Waals surface area contributed by atoms with Crippen LogP contribution < -0.4 is 0 Å². The molecule has 1 amide bonds. The van der Waals surface area contributed by atoms with E-state index in [1.807, 2.05) is 62.2 Å². The highest BCUT2D eigenvalue weighted by Crippen LogP contribution is 2.33. The summed E-state index contributed by atoms with van der Waals surface area (Å²) in [6.07, 6.45) is 7.37. The molecule has 1 aromatic carbocycles. The van der Waals surface area contributed by atoms with E-state index >= 15 is 0 Å². The summed E-state index contributed by atoms with van der Waals surface area (Å²) < 4.78 is 0. The molecule has 1 aliphatic rings. The highest BCUT2D eigenvalue weighted by atomic mass is 16.2. The molecule has 7 nitrogen and oxygen atoms in total. The van der Waals surface area contributed by atoms with Gasteiger partial charge in [-0.25, -0.2) is 19.9 Å². The van der Waals surface area contributed by atoms with Crippen molar-refractivity contribution in [2.75, 3.05) is 13.1 Å². The molecule has 7 heteroatoms. The van der Waals surface area contributed by atoms with E-state index in [-0.39, 0.29) is 11.8 Å². The molecule has 0 radical (unpaired) electrons. The van der Waals surface area contributed by atoms with Gasteiger partial charge in [0.05, 0.1) is 28.1 Å². The fourth-order valence-electron chi connectivity index (χ4n) is 4.48. The van der Waals surface area contributed by atoms with Crippen LogP contribution in [0.1, 0.15) is 52.0 Å². The Hall–Kier alpha value is -3.74. The molecular formula is C26H26N6O. The first-order valence-electron chi connectivity index (χ1n) is 11.3.